The molecule has 7 nitrogen and oxygen atoms in total. The molecule has 4 atom stereocenters. The van der Waals surface area contributed by atoms with Crippen LogP contribution in [-0.4, -0.2) is 51.4 Å². The van der Waals surface area contributed by atoms with Gasteiger partial charge in [-0.1, -0.05) is 19.1 Å². The molecule has 32 heavy (non-hydrogen) atoms. The summed E-state index contributed by atoms with van der Waals surface area (Å²) >= 11 is 1.46. The van der Waals surface area contributed by atoms with Crippen LogP contribution in [0, 0.1) is 5.92 Å². The number of hydrogen-bond donors (Lipinski definition) is 1. The smallest absolute Gasteiger partial charge is 0.355 e. The van der Waals surface area contributed by atoms with Crippen LogP contribution < -0.4 is 4.74 Å². The molecule has 1 saturated heterocycles. The number of β-lactam (4-membered cyclic amide) rings is 1. The monoisotopic (exact) mass is 454 g/mol. The number of pyridine rings is 1. The van der Waals surface area contributed by atoms with Gasteiger partial charge >= 0.3 is 5.97 Å². The van der Waals surface area contributed by atoms with Crippen LogP contribution in [0.2, 0.25) is 0 Å². The molecule has 1 aromatic heterocycles. The Labute approximate surface area is 191 Å². The van der Waals surface area contributed by atoms with Gasteiger partial charge < -0.3 is 19.5 Å². The lowest BCUT2D eigenvalue weighted by atomic mass is 9.87. The summed E-state index contributed by atoms with van der Waals surface area (Å²) < 4.78 is 10.8. The van der Waals surface area contributed by atoms with Crippen molar-refractivity contribution in [1.29, 1.82) is 0 Å². The van der Waals surface area contributed by atoms with Crippen LogP contribution >= 0.6 is 11.8 Å². The standard InChI is InChI=1S/C24H26N2O5S/c1-14-19-12-20(28)26(19)22(24(29)31-13-16-4-6-17(30-3)7-5-16)21(14)23(15(2)27)32-18-8-10-25-11-9-18/h4-11,14-15,19,23,27H,12-13H2,1-3H3/t14?,15?,19-,23?/m1/s1. The molecule has 0 saturated carbocycles. The van der Waals surface area contributed by atoms with E-state index in [0.717, 1.165) is 21.8 Å². The maximum atomic E-state index is 13.2. The average molecular weight is 455 g/mol. The zero-order valence-corrected chi connectivity index (χ0v) is 19.0. The summed E-state index contributed by atoms with van der Waals surface area (Å²) in [5.41, 5.74) is 1.86. The van der Waals surface area contributed by atoms with E-state index in [-0.39, 0.29) is 30.2 Å². The van der Waals surface area contributed by atoms with E-state index in [0.29, 0.717) is 6.42 Å². The maximum absolute atomic E-state index is 13.2. The maximum Gasteiger partial charge on any atom is 0.355 e. The Morgan fingerprint density at radius 2 is 1.94 bits per heavy atom. The molecule has 168 valence electrons. The SMILES string of the molecule is COc1ccc(COC(=O)C2=C(C(Sc3ccncc3)C(C)O)C(C)[C@H]3CC(=O)N23)cc1. The first kappa shape index (κ1) is 22.4. The van der Waals surface area contributed by atoms with Gasteiger partial charge in [0.2, 0.25) is 5.91 Å². The third-order valence-electron chi connectivity index (χ3n) is 5.95. The molecule has 1 aromatic carbocycles. The number of methoxy groups -OCH3 is 1. The summed E-state index contributed by atoms with van der Waals surface area (Å²) in [4.78, 5) is 32.1. The van der Waals surface area contributed by atoms with Crippen LogP contribution in [0.4, 0.5) is 0 Å². The normalized spacial score (nSPS) is 21.6. The minimum Gasteiger partial charge on any atom is -0.497 e. The molecule has 1 amide bonds. The van der Waals surface area contributed by atoms with Crippen molar-refractivity contribution in [2.75, 3.05) is 7.11 Å². The topological polar surface area (TPSA) is 89.0 Å². The number of rotatable bonds is 8. The van der Waals surface area contributed by atoms with Crippen LogP contribution in [0.1, 0.15) is 25.8 Å². The summed E-state index contributed by atoms with van der Waals surface area (Å²) in [7, 11) is 1.59. The van der Waals surface area contributed by atoms with E-state index in [1.807, 2.05) is 31.2 Å². The molecular formula is C24H26N2O5S. The summed E-state index contributed by atoms with van der Waals surface area (Å²) in [6.45, 7) is 3.79. The van der Waals surface area contributed by atoms with Gasteiger partial charge in [0.1, 0.15) is 18.1 Å². The fourth-order valence-corrected chi connectivity index (χ4v) is 5.45. The van der Waals surface area contributed by atoms with Crippen LogP contribution in [0.3, 0.4) is 0 Å². The average Bonchev–Trinajstić information content (AvgIpc) is 3.03. The van der Waals surface area contributed by atoms with E-state index in [1.54, 1.807) is 43.5 Å². The molecule has 0 aliphatic carbocycles. The van der Waals surface area contributed by atoms with Crippen LogP contribution in [-0.2, 0) is 20.9 Å². The van der Waals surface area contributed by atoms with Gasteiger partial charge in [0.05, 0.1) is 24.5 Å². The molecule has 2 aromatic rings. The summed E-state index contributed by atoms with van der Waals surface area (Å²) in [6.07, 6.45) is 3.04. The van der Waals surface area contributed by atoms with Crippen molar-refractivity contribution in [1.82, 2.24) is 9.88 Å². The lowest BCUT2D eigenvalue weighted by Gasteiger charge is -2.37. The third kappa shape index (κ3) is 4.25. The summed E-state index contributed by atoms with van der Waals surface area (Å²) in [5, 5.41) is 10.2. The molecule has 3 unspecified atom stereocenters. The van der Waals surface area contributed by atoms with E-state index < -0.39 is 17.3 Å². The first-order valence-electron chi connectivity index (χ1n) is 10.5. The summed E-state index contributed by atoms with van der Waals surface area (Å²) in [6, 6.07) is 10.9. The number of aliphatic hydroxyl groups is 1. The fourth-order valence-electron chi connectivity index (χ4n) is 4.23. The molecule has 0 radical (unpaired) electrons. The van der Waals surface area contributed by atoms with Crippen molar-refractivity contribution < 1.29 is 24.2 Å². The minimum absolute atomic E-state index is 0.0508. The Morgan fingerprint density at radius 3 is 2.53 bits per heavy atom. The molecule has 2 aliphatic rings. The van der Waals surface area contributed by atoms with Gasteiger partial charge in [0.15, 0.2) is 0 Å². The molecule has 4 rings (SSSR count). The number of fused-ring (bicyclic) bond motifs is 1. The Hall–Kier alpha value is -2.84. The second-order valence-corrected chi connectivity index (χ2v) is 9.23. The first-order chi connectivity index (χ1) is 15.4. The quantitative estimate of drug-likeness (QED) is 0.372. The van der Waals surface area contributed by atoms with Crippen molar-refractivity contribution in [2.24, 2.45) is 5.92 Å². The van der Waals surface area contributed by atoms with Gasteiger partial charge in [-0.2, -0.15) is 0 Å². The highest BCUT2D eigenvalue weighted by atomic mass is 32.2. The van der Waals surface area contributed by atoms with Crippen molar-refractivity contribution in [2.45, 2.75) is 49.2 Å². The van der Waals surface area contributed by atoms with Gasteiger partial charge in [-0.3, -0.25) is 9.78 Å². The Kier molecular flexibility index (Phi) is 6.53. The largest absolute Gasteiger partial charge is 0.497 e. The van der Waals surface area contributed by atoms with Crippen molar-refractivity contribution >= 4 is 23.6 Å². The van der Waals surface area contributed by atoms with Gasteiger partial charge in [-0.25, -0.2) is 4.79 Å². The lowest BCUT2D eigenvalue weighted by molar-refractivity contribution is -0.151. The van der Waals surface area contributed by atoms with Gasteiger partial charge in [-0.05, 0) is 42.3 Å². The number of hydrogen-bond acceptors (Lipinski definition) is 7. The Bertz CT molecular complexity index is 1020. The molecule has 8 heteroatoms. The van der Waals surface area contributed by atoms with E-state index in [2.05, 4.69) is 4.98 Å². The second kappa shape index (κ2) is 9.34. The van der Waals surface area contributed by atoms with Crippen molar-refractivity contribution in [3.05, 3.63) is 65.6 Å². The first-order valence-corrected chi connectivity index (χ1v) is 11.4. The number of thioether (sulfide) groups is 1. The van der Waals surface area contributed by atoms with Crippen LogP contribution in [0.25, 0.3) is 0 Å². The van der Waals surface area contributed by atoms with E-state index in [4.69, 9.17) is 9.47 Å². The zero-order valence-electron chi connectivity index (χ0n) is 18.2. The molecule has 2 aliphatic heterocycles. The van der Waals surface area contributed by atoms with Crippen molar-refractivity contribution in [3.63, 3.8) is 0 Å². The number of esters is 1. The van der Waals surface area contributed by atoms with Crippen LogP contribution in [0.15, 0.2) is 65.0 Å². The third-order valence-corrected chi connectivity index (χ3v) is 7.39. The Morgan fingerprint density at radius 1 is 1.25 bits per heavy atom. The number of aliphatic hydroxyl groups excluding tert-OH is 1. The molecule has 0 bridgehead atoms. The summed E-state index contributed by atoms with van der Waals surface area (Å²) in [5.74, 6) is 0.0347. The van der Waals surface area contributed by atoms with E-state index >= 15 is 0 Å². The molecular weight excluding hydrogens is 428 g/mol. The number of aromatic nitrogens is 1. The predicted octanol–water partition coefficient (Wildman–Crippen LogP) is 3.18. The highest BCUT2D eigenvalue weighted by molar-refractivity contribution is 8.00. The predicted molar refractivity (Wildman–Crippen MR) is 120 cm³/mol. The molecule has 0 spiro atoms. The Balaban J connectivity index is 1.62. The lowest BCUT2D eigenvalue weighted by Crippen LogP contribution is -2.51. The number of benzene rings is 1. The highest BCUT2D eigenvalue weighted by Crippen LogP contribution is 2.48. The van der Waals surface area contributed by atoms with Crippen LogP contribution in [0.5, 0.6) is 5.75 Å². The number of nitrogens with zero attached hydrogens (tertiary/aromatic N) is 2. The van der Waals surface area contributed by atoms with E-state index in [1.165, 1.54) is 11.8 Å². The van der Waals surface area contributed by atoms with Crippen molar-refractivity contribution in [3.8, 4) is 5.75 Å². The highest BCUT2D eigenvalue weighted by Gasteiger charge is 2.54. The fraction of sp³-hybridized carbons (Fsp3) is 0.375. The number of carbonyl (C=O) groups is 2. The molecule has 1 N–H and O–H groups in total. The number of amides is 1. The molecule has 1 fully saturated rings. The van der Waals surface area contributed by atoms with Gasteiger partial charge in [0.25, 0.3) is 0 Å². The van der Waals surface area contributed by atoms with E-state index in [9.17, 15) is 14.7 Å². The number of carbonyl (C=O) groups excluding carboxylic acids is 2. The molecule has 3 heterocycles. The zero-order chi connectivity index (χ0) is 22.8. The minimum atomic E-state index is -0.733. The number of ether oxygens (including phenoxy) is 2. The second-order valence-electron chi connectivity index (χ2n) is 8.01. The van der Waals surface area contributed by atoms with Gasteiger partial charge in [-0.15, -0.1) is 11.8 Å². The van der Waals surface area contributed by atoms with Gasteiger partial charge in [0, 0.05) is 29.6 Å².